The van der Waals surface area contributed by atoms with Crippen molar-refractivity contribution < 1.29 is 4.39 Å². The predicted octanol–water partition coefficient (Wildman–Crippen LogP) is 5.76. The second-order valence-electron chi connectivity index (χ2n) is 5.41. The van der Waals surface area contributed by atoms with Crippen molar-refractivity contribution in [2.24, 2.45) is 0 Å². The van der Waals surface area contributed by atoms with E-state index < -0.39 is 0 Å². The highest BCUT2D eigenvalue weighted by molar-refractivity contribution is 6.38. The molecule has 0 amide bonds. The van der Waals surface area contributed by atoms with Crippen LogP contribution in [-0.4, -0.2) is 9.97 Å². The number of aromatic nitrogens is 2. The van der Waals surface area contributed by atoms with Gasteiger partial charge < -0.3 is 0 Å². The molecule has 0 aliphatic carbocycles. The Bertz CT molecular complexity index is 1010. The summed E-state index contributed by atoms with van der Waals surface area (Å²) in [5, 5.41) is 1.52. The first-order valence-electron chi connectivity index (χ1n) is 7.48. The standard InChI is InChI=1S/C20H12ClFN2/c21-19-16-3-1-2-4-17(16)24-20(14-5-7-15(22)8-6-14)18(19)13-9-11-23-12-10-13/h1-12H. The van der Waals surface area contributed by atoms with E-state index in [9.17, 15) is 4.39 Å². The Morgan fingerprint density at radius 1 is 0.792 bits per heavy atom. The van der Waals surface area contributed by atoms with Crippen molar-refractivity contribution in [1.29, 1.82) is 0 Å². The van der Waals surface area contributed by atoms with E-state index in [4.69, 9.17) is 16.6 Å². The van der Waals surface area contributed by atoms with E-state index in [1.807, 2.05) is 36.4 Å². The Kier molecular flexibility index (Phi) is 3.71. The van der Waals surface area contributed by atoms with E-state index in [1.165, 1.54) is 12.1 Å². The molecule has 4 aromatic rings. The number of pyridine rings is 2. The summed E-state index contributed by atoms with van der Waals surface area (Å²) in [7, 11) is 0. The molecule has 0 unspecified atom stereocenters. The van der Waals surface area contributed by atoms with Gasteiger partial charge in [-0.3, -0.25) is 4.98 Å². The smallest absolute Gasteiger partial charge is 0.123 e. The van der Waals surface area contributed by atoms with Crippen LogP contribution in [0.5, 0.6) is 0 Å². The van der Waals surface area contributed by atoms with E-state index in [0.29, 0.717) is 5.02 Å². The molecule has 0 spiro atoms. The van der Waals surface area contributed by atoms with Crippen molar-refractivity contribution in [3.05, 3.63) is 83.9 Å². The monoisotopic (exact) mass is 334 g/mol. The molecule has 0 N–H and O–H groups in total. The molecule has 0 saturated carbocycles. The summed E-state index contributed by atoms with van der Waals surface area (Å²) in [5.41, 5.74) is 4.09. The van der Waals surface area contributed by atoms with Crippen LogP contribution in [0, 0.1) is 5.82 Å². The van der Waals surface area contributed by atoms with E-state index in [0.717, 1.165) is 33.3 Å². The summed E-state index contributed by atoms with van der Waals surface area (Å²) in [4.78, 5) is 8.85. The zero-order valence-electron chi connectivity index (χ0n) is 12.6. The molecule has 0 fully saturated rings. The molecule has 116 valence electrons. The minimum atomic E-state index is -0.281. The molecule has 0 bridgehead atoms. The molecular formula is C20H12ClFN2. The molecule has 2 aromatic heterocycles. The second-order valence-corrected chi connectivity index (χ2v) is 5.79. The summed E-state index contributed by atoms with van der Waals surface area (Å²) in [6.07, 6.45) is 3.44. The third-order valence-corrected chi connectivity index (χ3v) is 4.31. The number of fused-ring (bicyclic) bond motifs is 1. The summed E-state index contributed by atoms with van der Waals surface area (Å²) >= 11 is 6.73. The number of benzene rings is 2. The lowest BCUT2D eigenvalue weighted by Crippen LogP contribution is -1.93. The Hall–Kier alpha value is -2.78. The molecule has 0 aliphatic heterocycles. The molecule has 0 saturated heterocycles. The molecule has 24 heavy (non-hydrogen) atoms. The van der Waals surface area contributed by atoms with Gasteiger partial charge in [0, 0.05) is 28.9 Å². The summed E-state index contributed by atoms with van der Waals surface area (Å²) in [6.45, 7) is 0. The van der Waals surface area contributed by atoms with Gasteiger partial charge in [-0.2, -0.15) is 0 Å². The molecule has 2 aromatic carbocycles. The van der Waals surface area contributed by atoms with E-state index >= 15 is 0 Å². The number of halogens is 2. The number of hydrogen-bond acceptors (Lipinski definition) is 2. The first-order valence-corrected chi connectivity index (χ1v) is 7.86. The fourth-order valence-corrected chi connectivity index (χ4v) is 3.13. The van der Waals surface area contributed by atoms with Crippen LogP contribution in [0.2, 0.25) is 5.02 Å². The largest absolute Gasteiger partial charge is 0.265 e. The zero-order chi connectivity index (χ0) is 16.5. The van der Waals surface area contributed by atoms with Crippen molar-refractivity contribution in [1.82, 2.24) is 9.97 Å². The SMILES string of the molecule is Fc1ccc(-c2nc3ccccc3c(Cl)c2-c2ccncc2)cc1. The van der Waals surface area contributed by atoms with E-state index in [-0.39, 0.29) is 5.82 Å². The average Bonchev–Trinajstić information content (AvgIpc) is 2.63. The van der Waals surface area contributed by atoms with Gasteiger partial charge in [-0.25, -0.2) is 9.37 Å². The highest BCUT2D eigenvalue weighted by Crippen LogP contribution is 2.40. The summed E-state index contributed by atoms with van der Waals surface area (Å²) in [6, 6.07) is 17.8. The molecule has 4 rings (SSSR count). The van der Waals surface area contributed by atoms with Crippen LogP contribution in [0.15, 0.2) is 73.1 Å². The second kappa shape index (κ2) is 6.02. The molecular weight excluding hydrogens is 323 g/mol. The molecule has 0 aliphatic rings. The molecule has 0 radical (unpaired) electrons. The first-order chi connectivity index (χ1) is 11.7. The number of hydrogen-bond donors (Lipinski definition) is 0. The Morgan fingerprint density at radius 2 is 1.50 bits per heavy atom. The van der Waals surface area contributed by atoms with Crippen LogP contribution < -0.4 is 0 Å². The van der Waals surface area contributed by atoms with Gasteiger partial charge in [0.25, 0.3) is 0 Å². The van der Waals surface area contributed by atoms with Crippen molar-refractivity contribution in [3.8, 4) is 22.4 Å². The van der Waals surface area contributed by atoms with E-state index in [2.05, 4.69) is 4.98 Å². The van der Waals surface area contributed by atoms with E-state index in [1.54, 1.807) is 24.5 Å². The van der Waals surface area contributed by atoms with Crippen LogP contribution in [0.3, 0.4) is 0 Å². The third-order valence-electron chi connectivity index (χ3n) is 3.92. The van der Waals surface area contributed by atoms with Gasteiger partial charge in [-0.15, -0.1) is 0 Å². The fraction of sp³-hybridized carbons (Fsp3) is 0. The van der Waals surface area contributed by atoms with Gasteiger partial charge in [0.1, 0.15) is 5.82 Å². The third kappa shape index (κ3) is 2.53. The quantitative estimate of drug-likeness (QED) is 0.466. The van der Waals surface area contributed by atoms with Crippen molar-refractivity contribution in [3.63, 3.8) is 0 Å². The van der Waals surface area contributed by atoms with Gasteiger partial charge in [-0.05, 0) is 48.0 Å². The lowest BCUT2D eigenvalue weighted by molar-refractivity contribution is 0.628. The Morgan fingerprint density at radius 3 is 2.25 bits per heavy atom. The van der Waals surface area contributed by atoms with Crippen LogP contribution in [0.25, 0.3) is 33.3 Å². The maximum Gasteiger partial charge on any atom is 0.123 e. The molecule has 0 atom stereocenters. The topological polar surface area (TPSA) is 25.8 Å². The van der Waals surface area contributed by atoms with Crippen LogP contribution in [0.1, 0.15) is 0 Å². The minimum Gasteiger partial charge on any atom is -0.265 e. The average molecular weight is 335 g/mol. The van der Waals surface area contributed by atoms with Crippen LogP contribution >= 0.6 is 11.6 Å². The van der Waals surface area contributed by atoms with Gasteiger partial charge >= 0.3 is 0 Å². The van der Waals surface area contributed by atoms with Crippen LogP contribution in [0.4, 0.5) is 4.39 Å². The summed E-state index contributed by atoms with van der Waals surface area (Å²) in [5.74, 6) is -0.281. The van der Waals surface area contributed by atoms with Crippen LogP contribution in [-0.2, 0) is 0 Å². The van der Waals surface area contributed by atoms with Crippen molar-refractivity contribution in [2.45, 2.75) is 0 Å². The lowest BCUT2D eigenvalue weighted by atomic mass is 9.98. The predicted molar refractivity (Wildman–Crippen MR) is 95.4 cm³/mol. The highest BCUT2D eigenvalue weighted by Gasteiger charge is 2.16. The minimum absolute atomic E-state index is 0.281. The van der Waals surface area contributed by atoms with Gasteiger partial charge in [0.05, 0.1) is 16.2 Å². The fourth-order valence-electron chi connectivity index (χ4n) is 2.77. The molecule has 4 heteroatoms. The van der Waals surface area contributed by atoms with Crippen molar-refractivity contribution >= 4 is 22.5 Å². The van der Waals surface area contributed by atoms with Crippen molar-refractivity contribution in [2.75, 3.05) is 0 Å². The Balaban J connectivity index is 2.09. The molecule has 2 nitrogen and oxygen atoms in total. The lowest BCUT2D eigenvalue weighted by Gasteiger charge is -2.14. The summed E-state index contributed by atoms with van der Waals surface area (Å²) < 4.78 is 13.3. The number of rotatable bonds is 2. The maximum atomic E-state index is 13.3. The highest BCUT2D eigenvalue weighted by atomic mass is 35.5. The van der Waals surface area contributed by atoms with Gasteiger partial charge in [0.15, 0.2) is 0 Å². The number of para-hydroxylation sites is 1. The first kappa shape index (κ1) is 14.8. The molecule has 2 heterocycles. The Labute approximate surface area is 143 Å². The zero-order valence-corrected chi connectivity index (χ0v) is 13.3. The maximum absolute atomic E-state index is 13.3. The van der Waals surface area contributed by atoms with Gasteiger partial charge in [0.2, 0.25) is 0 Å². The number of nitrogens with zero attached hydrogens (tertiary/aromatic N) is 2. The van der Waals surface area contributed by atoms with Gasteiger partial charge in [-0.1, -0.05) is 29.8 Å². The normalized spacial score (nSPS) is 10.9.